The van der Waals surface area contributed by atoms with Crippen LogP contribution in [0.5, 0.6) is 0 Å². The zero-order chi connectivity index (χ0) is 24.0. The predicted molar refractivity (Wildman–Crippen MR) is 125 cm³/mol. The van der Waals surface area contributed by atoms with E-state index in [9.17, 15) is 20.1 Å². The number of fused-ring (bicyclic) bond motifs is 1. The molecule has 9 heteroatoms. The minimum Gasteiger partial charge on any atom is -0.451 e. The molecule has 2 aromatic rings. The molecule has 0 bridgehead atoms. The number of amides is 1. The third-order valence-electron chi connectivity index (χ3n) is 5.64. The van der Waals surface area contributed by atoms with Gasteiger partial charge in [-0.15, -0.1) is 11.3 Å². The van der Waals surface area contributed by atoms with Crippen LogP contribution in [0.1, 0.15) is 45.8 Å². The summed E-state index contributed by atoms with van der Waals surface area (Å²) in [7, 11) is 1.63. The second-order valence-electron chi connectivity index (χ2n) is 7.79. The van der Waals surface area contributed by atoms with Crippen molar-refractivity contribution < 1.29 is 19.1 Å². The lowest BCUT2D eigenvalue weighted by Gasteiger charge is -2.09. The zero-order valence-electron chi connectivity index (χ0n) is 19.0. The van der Waals surface area contributed by atoms with Gasteiger partial charge in [0.05, 0.1) is 12.2 Å². The first-order chi connectivity index (χ1) is 15.9. The molecule has 2 heterocycles. The molecule has 0 radical (unpaired) electrons. The molecule has 0 saturated heterocycles. The number of carbonyl (C=O) groups excluding carboxylic acids is 2. The number of hydrogen-bond donors (Lipinski definition) is 1. The molecule has 3 rings (SSSR count). The Bertz CT molecular complexity index is 1180. The van der Waals surface area contributed by atoms with Crippen molar-refractivity contribution in [2.45, 2.75) is 46.1 Å². The molecule has 1 N–H and O–H groups in total. The van der Waals surface area contributed by atoms with Gasteiger partial charge < -0.3 is 19.4 Å². The van der Waals surface area contributed by atoms with Gasteiger partial charge in [0.2, 0.25) is 0 Å². The Hall–Kier alpha value is -3.40. The van der Waals surface area contributed by atoms with Crippen LogP contribution in [0.25, 0.3) is 6.08 Å². The molecule has 2 aromatic heterocycles. The minimum absolute atomic E-state index is 0.195. The van der Waals surface area contributed by atoms with Crippen molar-refractivity contribution in [1.29, 1.82) is 10.5 Å². The number of anilines is 1. The molecule has 0 aliphatic heterocycles. The lowest BCUT2D eigenvalue weighted by molar-refractivity contribution is -0.142. The number of ether oxygens (including phenoxy) is 2. The molecule has 1 aliphatic rings. The third kappa shape index (κ3) is 5.51. The maximum absolute atomic E-state index is 12.4. The SMILES string of the molecule is COCCn1c(C)cc(C=C(C#N)C(=O)OCC(=O)Nc2sc3c(c2C#N)CCCC3)c1C. The van der Waals surface area contributed by atoms with Crippen molar-refractivity contribution in [3.05, 3.63) is 44.6 Å². The summed E-state index contributed by atoms with van der Waals surface area (Å²) in [6, 6.07) is 5.91. The molecule has 172 valence electrons. The first-order valence-corrected chi connectivity index (χ1v) is 11.5. The standard InChI is InChI=1S/C24H26N4O4S/c1-15-10-17(16(2)28(15)8-9-31-3)11-18(12-25)24(30)32-14-22(29)27-23-20(13-26)19-6-4-5-7-21(19)33-23/h10-11H,4-9,14H2,1-3H3,(H,27,29). The zero-order valence-corrected chi connectivity index (χ0v) is 19.8. The van der Waals surface area contributed by atoms with Gasteiger partial charge in [0, 0.05) is 29.9 Å². The van der Waals surface area contributed by atoms with Gasteiger partial charge in [-0.25, -0.2) is 4.79 Å². The first-order valence-electron chi connectivity index (χ1n) is 10.7. The molecule has 0 aromatic carbocycles. The third-order valence-corrected chi connectivity index (χ3v) is 6.85. The predicted octanol–water partition coefficient (Wildman–Crippen LogP) is 3.65. The number of esters is 1. The van der Waals surface area contributed by atoms with Crippen LogP contribution in [0.15, 0.2) is 11.6 Å². The Kier molecular flexibility index (Phi) is 8.05. The van der Waals surface area contributed by atoms with Crippen LogP contribution in [0, 0.1) is 36.5 Å². The highest BCUT2D eigenvalue weighted by atomic mass is 32.1. The summed E-state index contributed by atoms with van der Waals surface area (Å²) < 4.78 is 12.2. The van der Waals surface area contributed by atoms with E-state index < -0.39 is 18.5 Å². The number of methoxy groups -OCH3 is 1. The molecule has 0 unspecified atom stereocenters. The second-order valence-corrected chi connectivity index (χ2v) is 8.90. The van der Waals surface area contributed by atoms with E-state index >= 15 is 0 Å². The number of nitriles is 2. The normalized spacial score (nSPS) is 13.1. The van der Waals surface area contributed by atoms with E-state index in [1.807, 2.05) is 30.6 Å². The molecule has 0 spiro atoms. The Morgan fingerprint density at radius 1 is 1.27 bits per heavy atom. The van der Waals surface area contributed by atoms with Gasteiger partial charge in [-0.05, 0) is 62.8 Å². The van der Waals surface area contributed by atoms with Crippen molar-refractivity contribution >= 4 is 34.3 Å². The summed E-state index contributed by atoms with van der Waals surface area (Å²) in [6.45, 7) is 4.49. The van der Waals surface area contributed by atoms with Crippen molar-refractivity contribution in [3.8, 4) is 12.1 Å². The van der Waals surface area contributed by atoms with Crippen LogP contribution in [0.3, 0.4) is 0 Å². The summed E-state index contributed by atoms with van der Waals surface area (Å²) in [5, 5.41) is 22.1. The molecule has 8 nitrogen and oxygen atoms in total. The fourth-order valence-corrected chi connectivity index (χ4v) is 5.19. The number of carbonyl (C=O) groups is 2. The van der Waals surface area contributed by atoms with Gasteiger partial charge in [-0.1, -0.05) is 0 Å². The summed E-state index contributed by atoms with van der Waals surface area (Å²) in [5.41, 5.74) is 3.92. The van der Waals surface area contributed by atoms with Crippen molar-refractivity contribution in [2.75, 3.05) is 25.6 Å². The van der Waals surface area contributed by atoms with Gasteiger partial charge in [0.25, 0.3) is 5.91 Å². The van der Waals surface area contributed by atoms with Crippen molar-refractivity contribution in [2.24, 2.45) is 0 Å². The number of thiophene rings is 1. The minimum atomic E-state index is -0.875. The van der Waals surface area contributed by atoms with E-state index in [4.69, 9.17) is 9.47 Å². The molecule has 0 fully saturated rings. The van der Waals surface area contributed by atoms with E-state index in [0.717, 1.165) is 53.1 Å². The Morgan fingerprint density at radius 2 is 2.03 bits per heavy atom. The number of nitrogens with zero attached hydrogens (tertiary/aromatic N) is 3. The summed E-state index contributed by atoms with van der Waals surface area (Å²) in [4.78, 5) is 25.9. The summed E-state index contributed by atoms with van der Waals surface area (Å²) in [6.07, 6.45) is 5.31. The highest BCUT2D eigenvalue weighted by Gasteiger charge is 2.22. The Balaban J connectivity index is 1.65. The average Bonchev–Trinajstić information content (AvgIpc) is 3.29. The summed E-state index contributed by atoms with van der Waals surface area (Å²) in [5.74, 6) is -1.42. The number of hydrogen-bond acceptors (Lipinski definition) is 7. The monoisotopic (exact) mass is 466 g/mol. The largest absolute Gasteiger partial charge is 0.451 e. The van der Waals surface area contributed by atoms with Gasteiger partial charge >= 0.3 is 5.97 Å². The molecule has 1 amide bonds. The van der Waals surface area contributed by atoms with Crippen LogP contribution in [-0.2, 0) is 38.4 Å². The van der Waals surface area contributed by atoms with Gasteiger partial charge in [-0.3, -0.25) is 4.79 Å². The van der Waals surface area contributed by atoms with E-state index in [1.54, 1.807) is 7.11 Å². The van der Waals surface area contributed by atoms with E-state index in [-0.39, 0.29) is 5.57 Å². The van der Waals surface area contributed by atoms with Gasteiger partial charge in [0.1, 0.15) is 22.7 Å². The fourth-order valence-electron chi connectivity index (χ4n) is 3.94. The average molecular weight is 467 g/mol. The van der Waals surface area contributed by atoms with Crippen LogP contribution in [0.4, 0.5) is 5.00 Å². The number of nitrogens with one attached hydrogen (secondary N) is 1. The van der Waals surface area contributed by atoms with E-state index in [0.29, 0.717) is 23.7 Å². The molecule has 0 saturated carbocycles. The maximum Gasteiger partial charge on any atom is 0.349 e. The lowest BCUT2D eigenvalue weighted by Crippen LogP contribution is -2.21. The highest BCUT2D eigenvalue weighted by molar-refractivity contribution is 7.16. The molecule has 0 atom stereocenters. The van der Waals surface area contributed by atoms with Gasteiger partial charge in [-0.2, -0.15) is 10.5 Å². The second kappa shape index (κ2) is 11.0. The Morgan fingerprint density at radius 3 is 2.73 bits per heavy atom. The lowest BCUT2D eigenvalue weighted by atomic mass is 9.96. The topological polar surface area (TPSA) is 117 Å². The molecule has 1 aliphatic carbocycles. The Labute approximate surface area is 197 Å². The van der Waals surface area contributed by atoms with Crippen LogP contribution in [-0.4, -0.2) is 36.8 Å². The number of rotatable bonds is 8. The van der Waals surface area contributed by atoms with Crippen LogP contribution >= 0.6 is 11.3 Å². The summed E-state index contributed by atoms with van der Waals surface area (Å²) >= 11 is 1.40. The smallest absolute Gasteiger partial charge is 0.349 e. The van der Waals surface area contributed by atoms with E-state index in [2.05, 4.69) is 11.4 Å². The number of aromatic nitrogens is 1. The van der Waals surface area contributed by atoms with Crippen molar-refractivity contribution in [3.63, 3.8) is 0 Å². The fraction of sp³-hybridized carbons (Fsp3) is 0.417. The maximum atomic E-state index is 12.4. The molecule has 33 heavy (non-hydrogen) atoms. The van der Waals surface area contributed by atoms with Crippen LogP contribution < -0.4 is 5.32 Å². The van der Waals surface area contributed by atoms with Crippen LogP contribution in [0.2, 0.25) is 0 Å². The molecular formula is C24H26N4O4S. The molecular weight excluding hydrogens is 440 g/mol. The quantitative estimate of drug-likeness (QED) is 0.360. The number of aryl methyl sites for hydroxylation is 2. The van der Waals surface area contributed by atoms with E-state index in [1.165, 1.54) is 17.4 Å². The van der Waals surface area contributed by atoms with Crippen molar-refractivity contribution in [1.82, 2.24) is 4.57 Å². The first kappa shape index (κ1) is 24.2. The highest BCUT2D eigenvalue weighted by Crippen LogP contribution is 2.37. The van der Waals surface area contributed by atoms with Gasteiger partial charge in [0.15, 0.2) is 6.61 Å².